The van der Waals surface area contributed by atoms with Gasteiger partial charge in [-0.15, -0.1) is 0 Å². The van der Waals surface area contributed by atoms with E-state index in [1.165, 1.54) is 6.08 Å². The van der Waals surface area contributed by atoms with Gasteiger partial charge >= 0.3 is 0 Å². The molecule has 2 saturated heterocycles. The molecule has 39 heavy (non-hydrogen) atoms. The SMILES string of the molecule is C=CC(=O)N1CC2(CC(n3nc(N4CCN(C(C)=O)CC4(C)C)c(-c4c(Cl)c(C)cc5[nH]ncc45)c3C)C2)C1. The van der Waals surface area contributed by atoms with E-state index in [9.17, 15) is 9.59 Å². The summed E-state index contributed by atoms with van der Waals surface area (Å²) in [6.45, 7) is 17.3. The van der Waals surface area contributed by atoms with Gasteiger partial charge in [0, 0.05) is 67.3 Å². The number of rotatable bonds is 4. The van der Waals surface area contributed by atoms with Crippen LogP contribution in [0.3, 0.4) is 0 Å². The van der Waals surface area contributed by atoms with Crippen LogP contribution in [-0.2, 0) is 9.59 Å². The number of nitrogens with zero attached hydrogens (tertiary/aromatic N) is 6. The topological polar surface area (TPSA) is 90.4 Å². The van der Waals surface area contributed by atoms with E-state index < -0.39 is 0 Å². The third-order valence-corrected chi connectivity index (χ3v) is 9.56. The molecule has 1 spiro atoms. The fraction of sp³-hybridized carbons (Fsp3) is 0.517. The predicted octanol–water partition coefficient (Wildman–Crippen LogP) is 4.49. The summed E-state index contributed by atoms with van der Waals surface area (Å²) in [5.74, 6) is 0.999. The number of carbonyl (C=O) groups is 2. The van der Waals surface area contributed by atoms with Crippen molar-refractivity contribution in [3.63, 3.8) is 0 Å². The highest BCUT2D eigenvalue weighted by molar-refractivity contribution is 6.36. The lowest BCUT2D eigenvalue weighted by molar-refractivity contribution is -0.149. The molecule has 1 N–H and O–H groups in total. The molecule has 1 aliphatic carbocycles. The first kappa shape index (κ1) is 25.9. The van der Waals surface area contributed by atoms with Crippen LogP contribution in [0.25, 0.3) is 22.0 Å². The standard InChI is InChI=1S/C29H36ClN7O2/c1-7-23(39)35-15-29(16-35)11-20(12-29)37-18(3)24(25-21-13-31-32-22(21)10-17(2)26(25)30)27(33-37)36-9-8-34(19(4)38)14-28(36,5)6/h7,10,13,20H,1,8-9,11-12,14-16H2,2-6H3,(H,31,32). The number of carbonyl (C=O) groups excluding carboxylic acids is 2. The van der Waals surface area contributed by atoms with E-state index in [2.05, 4.69) is 47.1 Å². The highest BCUT2D eigenvalue weighted by atomic mass is 35.5. The molecule has 10 heteroatoms. The fourth-order valence-electron chi connectivity index (χ4n) is 7.02. The minimum Gasteiger partial charge on any atom is -0.346 e. The van der Waals surface area contributed by atoms with Gasteiger partial charge in [-0.25, -0.2) is 0 Å². The Morgan fingerprint density at radius 2 is 1.85 bits per heavy atom. The van der Waals surface area contributed by atoms with Crippen LogP contribution >= 0.6 is 11.6 Å². The Kier molecular flexibility index (Phi) is 5.88. The van der Waals surface area contributed by atoms with Gasteiger partial charge in [-0.05, 0) is 58.2 Å². The molecule has 4 heterocycles. The number of halogens is 1. The first-order valence-electron chi connectivity index (χ1n) is 13.6. The zero-order chi connectivity index (χ0) is 27.9. The summed E-state index contributed by atoms with van der Waals surface area (Å²) in [6.07, 6.45) is 5.21. The Labute approximate surface area is 233 Å². The van der Waals surface area contributed by atoms with Crippen LogP contribution in [0.5, 0.6) is 0 Å². The average Bonchev–Trinajstić information content (AvgIpc) is 3.42. The lowest BCUT2D eigenvalue weighted by Crippen LogP contribution is -2.63. The minimum atomic E-state index is -0.323. The molecule has 3 aliphatic rings. The summed E-state index contributed by atoms with van der Waals surface area (Å²) in [5, 5.41) is 14.4. The normalized spacial score (nSPS) is 20.3. The van der Waals surface area contributed by atoms with E-state index in [4.69, 9.17) is 16.7 Å². The number of nitrogens with one attached hydrogen (secondary N) is 1. The number of benzene rings is 1. The molecule has 0 unspecified atom stereocenters. The van der Waals surface area contributed by atoms with E-state index in [1.807, 2.05) is 29.0 Å². The van der Waals surface area contributed by atoms with Gasteiger partial charge < -0.3 is 14.7 Å². The molecule has 2 aromatic heterocycles. The molecule has 0 atom stereocenters. The van der Waals surface area contributed by atoms with Crippen LogP contribution in [0, 0.1) is 19.3 Å². The summed E-state index contributed by atoms with van der Waals surface area (Å²) < 4.78 is 2.19. The molecule has 0 radical (unpaired) electrons. The molecule has 6 rings (SSSR count). The van der Waals surface area contributed by atoms with E-state index in [-0.39, 0.29) is 28.8 Å². The van der Waals surface area contributed by atoms with Crippen LogP contribution < -0.4 is 4.90 Å². The summed E-state index contributed by atoms with van der Waals surface area (Å²) in [5.41, 5.74) is 4.81. The van der Waals surface area contributed by atoms with Crippen molar-refractivity contribution in [3.8, 4) is 11.1 Å². The van der Waals surface area contributed by atoms with Gasteiger partial charge in [0.15, 0.2) is 5.82 Å². The number of anilines is 1. The number of H-pyrrole nitrogens is 1. The van der Waals surface area contributed by atoms with Gasteiger partial charge in [0.2, 0.25) is 11.8 Å². The van der Waals surface area contributed by atoms with Crippen LogP contribution in [0.4, 0.5) is 5.82 Å². The Balaban J connectivity index is 1.43. The molecular formula is C29H36ClN7O2. The van der Waals surface area contributed by atoms with Crippen LogP contribution in [-0.4, -0.2) is 79.9 Å². The van der Waals surface area contributed by atoms with E-state index in [0.29, 0.717) is 24.7 Å². The maximum Gasteiger partial charge on any atom is 0.245 e. The van der Waals surface area contributed by atoms with Gasteiger partial charge in [-0.1, -0.05) is 18.2 Å². The molecule has 3 fully saturated rings. The van der Waals surface area contributed by atoms with Crippen molar-refractivity contribution in [2.45, 2.75) is 59.0 Å². The van der Waals surface area contributed by atoms with Crippen molar-refractivity contribution in [1.82, 2.24) is 29.8 Å². The second kappa shape index (κ2) is 8.84. The Hall–Kier alpha value is -3.33. The number of fused-ring (bicyclic) bond motifs is 1. The monoisotopic (exact) mass is 549 g/mol. The Bertz CT molecular complexity index is 1510. The first-order chi connectivity index (χ1) is 18.4. The Morgan fingerprint density at radius 3 is 2.49 bits per heavy atom. The molecule has 3 aromatic rings. The van der Waals surface area contributed by atoms with Crippen molar-refractivity contribution in [1.29, 1.82) is 0 Å². The van der Waals surface area contributed by atoms with Crippen molar-refractivity contribution in [3.05, 3.63) is 41.2 Å². The molecule has 2 amide bonds. The zero-order valence-electron chi connectivity index (χ0n) is 23.3. The number of aryl methyl sites for hydroxylation is 1. The van der Waals surface area contributed by atoms with Crippen LogP contribution in [0.1, 0.15) is 50.9 Å². The largest absolute Gasteiger partial charge is 0.346 e. The van der Waals surface area contributed by atoms with Crippen molar-refractivity contribution in [2.24, 2.45) is 5.41 Å². The van der Waals surface area contributed by atoms with Gasteiger partial charge in [-0.2, -0.15) is 10.2 Å². The highest BCUT2D eigenvalue weighted by Crippen LogP contribution is 2.55. The number of likely N-dealkylation sites (tertiary alicyclic amines) is 1. The summed E-state index contributed by atoms with van der Waals surface area (Å²) in [4.78, 5) is 30.4. The van der Waals surface area contributed by atoms with E-state index in [1.54, 1.807) is 6.92 Å². The van der Waals surface area contributed by atoms with Crippen LogP contribution in [0.15, 0.2) is 24.9 Å². The van der Waals surface area contributed by atoms with Gasteiger partial charge in [-0.3, -0.25) is 19.4 Å². The van der Waals surface area contributed by atoms with Crippen LogP contribution in [0.2, 0.25) is 5.02 Å². The highest BCUT2D eigenvalue weighted by Gasteiger charge is 2.54. The molecule has 1 aromatic carbocycles. The molecular weight excluding hydrogens is 514 g/mol. The fourth-order valence-corrected chi connectivity index (χ4v) is 7.27. The quantitative estimate of drug-likeness (QED) is 0.484. The number of amides is 2. The Morgan fingerprint density at radius 1 is 1.13 bits per heavy atom. The number of hydrogen-bond acceptors (Lipinski definition) is 5. The van der Waals surface area contributed by atoms with Gasteiger partial charge in [0.05, 0.1) is 28.3 Å². The number of aromatic amines is 1. The van der Waals surface area contributed by atoms with E-state index in [0.717, 1.165) is 65.0 Å². The predicted molar refractivity (Wildman–Crippen MR) is 153 cm³/mol. The minimum absolute atomic E-state index is 0.00840. The number of piperazine rings is 1. The van der Waals surface area contributed by atoms with E-state index >= 15 is 0 Å². The smallest absolute Gasteiger partial charge is 0.245 e. The lowest BCUT2D eigenvalue weighted by atomic mass is 9.60. The molecule has 1 saturated carbocycles. The number of aromatic nitrogens is 4. The summed E-state index contributed by atoms with van der Waals surface area (Å²) in [7, 11) is 0. The first-order valence-corrected chi connectivity index (χ1v) is 14.0. The molecule has 9 nitrogen and oxygen atoms in total. The summed E-state index contributed by atoms with van der Waals surface area (Å²) in [6, 6.07) is 2.29. The molecule has 206 valence electrons. The second-order valence-electron chi connectivity index (χ2n) is 12.3. The van der Waals surface area contributed by atoms with Crippen molar-refractivity contribution in [2.75, 3.05) is 37.6 Å². The second-order valence-corrected chi connectivity index (χ2v) is 12.7. The van der Waals surface area contributed by atoms with Gasteiger partial charge in [0.25, 0.3) is 0 Å². The molecule has 0 bridgehead atoms. The van der Waals surface area contributed by atoms with Crippen molar-refractivity contribution < 1.29 is 9.59 Å². The molecule has 2 aliphatic heterocycles. The van der Waals surface area contributed by atoms with Crippen molar-refractivity contribution >= 4 is 40.1 Å². The third kappa shape index (κ3) is 3.96. The van der Waals surface area contributed by atoms with Gasteiger partial charge in [0.1, 0.15) is 0 Å². The third-order valence-electron chi connectivity index (χ3n) is 9.07. The maximum atomic E-state index is 12.2. The average molecular weight is 550 g/mol. The maximum absolute atomic E-state index is 12.2. The lowest BCUT2D eigenvalue weighted by Gasteiger charge is -2.58. The summed E-state index contributed by atoms with van der Waals surface area (Å²) >= 11 is 7.06. The number of hydrogen-bond donors (Lipinski definition) is 1. The zero-order valence-corrected chi connectivity index (χ0v) is 24.1.